The second kappa shape index (κ2) is 6.23. The first-order chi connectivity index (χ1) is 12.4. The van der Waals surface area contributed by atoms with Crippen LogP contribution in [0.1, 0.15) is 11.1 Å². The van der Waals surface area contributed by atoms with E-state index in [9.17, 15) is 4.79 Å². The second-order valence-corrected chi connectivity index (χ2v) is 7.43. The number of nitrogens with zero attached hydrogens (tertiary/aromatic N) is 2. The van der Waals surface area contributed by atoms with Gasteiger partial charge in [-0.2, -0.15) is 0 Å². The van der Waals surface area contributed by atoms with Crippen LogP contribution in [0.15, 0.2) is 48.5 Å². The molecule has 0 N–H and O–H groups in total. The summed E-state index contributed by atoms with van der Waals surface area (Å²) in [5.41, 5.74) is 2.91. The summed E-state index contributed by atoms with van der Waals surface area (Å²) in [5.74, 6) is -0.0270. The van der Waals surface area contributed by atoms with E-state index in [1.54, 1.807) is 24.3 Å². The molecular weight excluding hydrogens is 387 g/mol. The zero-order valence-electron chi connectivity index (χ0n) is 14.1. The number of imidazole rings is 1. The van der Waals surface area contributed by atoms with Gasteiger partial charge in [0.05, 0.1) is 21.8 Å². The van der Waals surface area contributed by atoms with E-state index in [-0.39, 0.29) is 5.78 Å². The van der Waals surface area contributed by atoms with Gasteiger partial charge in [0.25, 0.3) is 0 Å². The lowest BCUT2D eigenvalue weighted by Crippen LogP contribution is -2.32. The third-order valence-electron chi connectivity index (χ3n) is 4.66. The molecule has 0 spiro atoms. The van der Waals surface area contributed by atoms with Crippen molar-refractivity contribution >= 4 is 52.3 Å². The lowest BCUT2D eigenvalue weighted by atomic mass is 9.97. The summed E-state index contributed by atoms with van der Waals surface area (Å²) < 4.78 is 4.42. The maximum Gasteiger partial charge on any atom is 0.198 e. The third-order valence-corrected chi connectivity index (χ3v) is 5.71. The van der Waals surface area contributed by atoms with Gasteiger partial charge < -0.3 is 9.13 Å². The molecule has 4 rings (SSSR count). The molecule has 1 aliphatic carbocycles. The summed E-state index contributed by atoms with van der Waals surface area (Å²) in [6.45, 7) is 0. The van der Waals surface area contributed by atoms with Gasteiger partial charge in [-0.1, -0.05) is 47.5 Å². The first-order valence-electron chi connectivity index (χ1n) is 7.97. The number of aromatic nitrogens is 2. The van der Waals surface area contributed by atoms with Crippen molar-refractivity contribution in [1.82, 2.24) is 9.13 Å². The van der Waals surface area contributed by atoms with Crippen LogP contribution in [0.3, 0.4) is 0 Å². The molecule has 0 unspecified atom stereocenters. The Balaban J connectivity index is 2.14. The molecule has 0 radical (unpaired) electrons. The number of hydrogen-bond donors (Lipinski definition) is 0. The first-order valence-corrected chi connectivity index (χ1v) is 9.13. The molecule has 0 saturated carbocycles. The van der Waals surface area contributed by atoms with Crippen molar-refractivity contribution < 1.29 is 4.79 Å². The van der Waals surface area contributed by atoms with Crippen LogP contribution in [0.5, 0.6) is 0 Å². The van der Waals surface area contributed by atoms with Crippen LogP contribution >= 0.6 is 35.4 Å². The van der Waals surface area contributed by atoms with E-state index >= 15 is 0 Å². The van der Waals surface area contributed by atoms with Gasteiger partial charge in [0.1, 0.15) is 0 Å². The van der Waals surface area contributed by atoms with Crippen molar-refractivity contribution in [2.75, 3.05) is 0 Å². The topological polar surface area (TPSA) is 26.9 Å². The Hall–Kier alpha value is -2.14. The molecule has 6 heteroatoms. The molecule has 3 aromatic rings. The van der Waals surface area contributed by atoms with Gasteiger partial charge in [-0.15, -0.1) is 0 Å². The van der Waals surface area contributed by atoms with Gasteiger partial charge in [0.15, 0.2) is 10.6 Å². The zero-order chi connectivity index (χ0) is 18.6. The molecule has 0 bridgehead atoms. The Bertz CT molecular complexity index is 1140. The predicted molar refractivity (Wildman–Crippen MR) is 107 cm³/mol. The van der Waals surface area contributed by atoms with E-state index in [1.165, 1.54) is 0 Å². The summed E-state index contributed by atoms with van der Waals surface area (Å²) in [7, 11) is 3.77. The minimum Gasteiger partial charge on any atom is -0.319 e. The average molecular weight is 401 g/mol. The fourth-order valence-electron chi connectivity index (χ4n) is 3.42. The molecule has 130 valence electrons. The molecule has 1 aromatic heterocycles. The summed E-state index contributed by atoms with van der Waals surface area (Å²) in [4.78, 5) is 13.4. The van der Waals surface area contributed by atoms with Crippen LogP contribution in [0.2, 0.25) is 10.0 Å². The van der Waals surface area contributed by atoms with Crippen LogP contribution in [0.25, 0.3) is 11.1 Å². The lowest BCUT2D eigenvalue weighted by molar-refractivity contribution is -0.108. The van der Waals surface area contributed by atoms with Gasteiger partial charge in [-0.05, 0) is 47.6 Å². The fourth-order valence-corrected chi connectivity index (χ4v) is 3.85. The predicted octanol–water partition coefficient (Wildman–Crippen LogP) is 3.38. The number of carbonyl (C=O) groups excluding carboxylic acids is 1. The largest absolute Gasteiger partial charge is 0.319 e. The zero-order valence-corrected chi connectivity index (χ0v) is 16.4. The Morgan fingerprint density at radius 3 is 1.42 bits per heavy atom. The molecule has 0 amide bonds. The molecule has 0 aliphatic heterocycles. The highest BCUT2D eigenvalue weighted by atomic mass is 35.5. The molecule has 0 atom stereocenters. The highest BCUT2D eigenvalue weighted by Gasteiger charge is 2.29. The maximum atomic E-state index is 13.4. The number of ketones is 1. The van der Waals surface area contributed by atoms with Gasteiger partial charge in [0.2, 0.25) is 0 Å². The Morgan fingerprint density at radius 2 is 1.08 bits per heavy atom. The van der Waals surface area contributed by atoms with E-state index in [0.29, 0.717) is 26.0 Å². The van der Waals surface area contributed by atoms with E-state index in [4.69, 9.17) is 35.4 Å². The number of benzene rings is 2. The van der Waals surface area contributed by atoms with E-state index in [0.717, 1.165) is 21.8 Å². The van der Waals surface area contributed by atoms with E-state index in [2.05, 4.69) is 0 Å². The van der Waals surface area contributed by atoms with Crippen molar-refractivity contribution in [3.63, 3.8) is 0 Å². The molecule has 3 nitrogen and oxygen atoms in total. The van der Waals surface area contributed by atoms with Crippen LogP contribution in [-0.4, -0.2) is 14.9 Å². The average Bonchev–Trinajstić information content (AvgIpc) is 3.04. The number of fused-ring (bicyclic) bond motifs is 1. The highest BCUT2D eigenvalue weighted by Crippen LogP contribution is 2.26. The fraction of sp³-hybridized carbons (Fsp3) is 0.100. The SMILES string of the molecule is Cn1c2c(n(C)c1=S)=C(c1ccc(Cl)cc1)C(=O)C=2c1ccc(Cl)cc1. The molecule has 2 aromatic carbocycles. The number of hydrogen-bond acceptors (Lipinski definition) is 2. The first kappa shape index (κ1) is 17.3. The van der Waals surface area contributed by atoms with E-state index in [1.807, 2.05) is 47.5 Å². The standard InChI is InChI=1S/C20H14Cl2N2OS/c1-23-17-15(11-3-7-13(21)8-4-11)19(25)16(18(17)24(2)20(23)26)12-5-9-14(22)10-6-12/h3-10H,1-2H3. The van der Waals surface area contributed by atoms with Crippen LogP contribution in [0, 0.1) is 4.77 Å². The number of rotatable bonds is 2. The van der Waals surface area contributed by atoms with Crippen LogP contribution in [-0.2, 0) is 18.9 Å². The Morgan fingerprint density at radius 1 is 0.731 bits per heavy atom. The highest BCUT2D eigenvalue weighted by molar-refractivity contribution is 7.71. The van der Waals surface area contributed by atoms with Crippen LogP contribution in [0.4, 0.5) is 0 Å². The monoisotopic (exact) mass is 400 g/mol. The molecule has 1 aliphatic rings. The smallest absolute Gasteiger partial charge is 0.198 e. The second-order valence-electron chi connectivity index (χ2n) is 6.19. The Kier molecular flexibility index (Phi) is 4.14. The summed E-state index contributed by atoms with van der Waals surface area (Å²) >= 11 is 17.6. The van der Waals surface area contributed by atoms with Crippen molar-refractivity contribution in [3.05, 3.63) is 85.2 Å². The van der Waals surface area contributed by atoms with Gasteiger partial charge in [-0.3, -0.25) is 4.79 Å². The normalized spacial score (nSPS) is 13.5. The van der Waals surface area contributed by atoms with Crippen molar-refractivity contribution in [2.24, 2.45) is 14.1 Å². The van der Waals surface area contributed by atoms with Gasteiger partial charge >= 0.3 is 0 Å². The quantitative estimate of drug-likeness (QED) is 0.616. The molecule has 1 heterocycles. The van der Waals surface area contributed by atoms with Crippen molar-refractivity contribution in [1.29, 1.82) is 0 Å². The van der Waals surface area contributed by atoms with E-state index < -0.39 is 0 Å². The minimum absolute atomic E-state index is 0.0270. The minimum atomic E-state index is -0.0270. The summed E-state index contributed by atoms with van der Waals surface area (Å²) in [5, 5.41) is 2.91. The molecule has 0 fully saturated rings. The number of carbonyl (C=O) groups is 1. The van der Waals surface area contributed by atoms with Crippen LogP contribution < -0.4 is 10.7 Å². The lowest BCUT2D eigenvalue weighted by Gasteiger charge is -2.07. The summed E-state index contributed by atoms with van der Waals surface area (Å²) in [6, 6.07) is 14.6. The van der Waals surface area contributed by atoms with Crippen molar-refractivity contribution in [2.45, 2.75) is 0 Å². The molecule has 26 heavy (non-hydrogen) atoms. The van der Waals surface area contributed by atoms with Crippen molar-refractivity contribution in [3.8, 4) is 0 Å². The Labute approximate surface area is 165 Å². The summed E-state index contributed by atoms with van der Waals surface area (Å²) in [6.07, 6.45) is 0. The molecular formula is C20H14Cl2N2OS. The molecule has 0 saturated heterocycles. The number of halogens is 2. The van der Waals surface area contributed by atoms with Gasteiger partial charge in [0, 0.05) is 24.1 Å². The third kappa shape index (κ3) is 2.49. The maximum absolute atomic E-state index is 13.4. The van der Waals surface area contributed by atoms with Gasteiger partial charge in [-0.25, -0.2) is 0 Å². The number of Topliss-reactive ketones (excluding diaryl/α,β-unsaturated/α-hetero) is 1.